The highest BCUT2D eigenvalue weighted by Gasteiger charge is 2.28. The van der Waals surface area contributed by atoms with Crippen molar-refractivity contribution in [3.05, 3.63) is 33.0 Å². The maximum absolute atomic E-state index is 13.7. The number of amides is 2. The summed E-state index contributed by atoms with van der Waals surface area (Å²) in [4.78, 5) is 27.6. The van der Waals surface area contributed by atoms with Crippen LogP contribution in [0.25, 0.3) is 0 Å². The van der Waals surface area contributed by atoms with Gasteiger partial charge in [-0.15, -0.1) is 0 Å². The van der Waals surface area contributed by atoms with Crippen LogP contribution in [-0.4, -0.2) is 53.6 Å². The van der Waals surface area contributed by atoms with Gasteiger partial charge in [0.05, 0.1) is 5.02 Å². The third kappa shape index (κ3) is 4.60. The van der Waals surface area contributed by atoms with Crippen LogP contribution >= 0.6 is 27.5 Å². The Morgan fingerprint density at radius 1 is 1.17 bits per heavy atom. The Morgan fingerprint density at radius 3 is 2.21 bits per heavy atom. The van der Waals surface area contributed by atoms with Gasteiger partial charge in [0.15, 0.2) is 0 Å². The Morgan fingerprint density at radius 2 is 1.71 bits per heavy atom. The third-order valence-corrected chi connectivity index (χ3v) is 4.69. The molecule has 0 unspecified atom stereocenters. The largest absolute Gasteiger partial charge is 0.444 e. The van der Waals surface area contributed by atoms with Crippen molar-refractivity contribution in [2.75, 3.05) is 26.2 Å². The molecule has 1 aromatic carbocycles. The molecule has 0 spiro atoms. The second-order valence-electron chi connectivity index (χ2n) is 6.51. The lowest BCUT2D eigenvalue weighted by Crippen LogP contribution is -2.51. The van der Waals surface area contributed by atoms with Crippen LogP contribution in [0.1, 0.15) is 31.1 Å². The molecule has 1 heterocycles. The van der Waals surface area contributed by atoms with Gasteiger partial charge >= 0.3 is 6.09 Å². The van der Waals surface area contributed by atoms with E-state index in [9.17, 15) is 14.0 Å². The molecule has 1 saturated heterocycles. The van der Waals surface area contributed by atoms with Crippen molar-refractivity contribution in [3.63, 3.8) is 0 Å². The molecule has 132 valence electrons. The number of hydrogen-bond acceptors (Lipinski definition) is 3. The van der Waals surface area contributed by atoms with Gasteiger partial charge in [-0.3, -0.25) is 4.79 Å². The van der Waals surface area contributed by atoms with Crippen LogP contribution in [0.4, 0.5) is 9.18 Å². The molecule has 1 aliphatic heterocycles. The first-order chi connectivity index (χ1) is 11.1. The minimum atomic E-state index is -0.651. The topological polar surface area (TPSA) is 49.9 Å². The molecule has 0 bridgehead atoms. The molecular formula is C16H19BrClFN2O3. The highest BCUT2D eigenvalue weighted by molar-refractivity contribution is 9.10. The van der Waals surface area contributed by atoms with E-state index >= 15 is 0 Å². The lowest BCUT2D eigenvalue weighted by Gasteiger charge is -2.35. The van der Waals surface area contributed by atoms with Gasteiger partial charge in [-0.2, -0.15) is 0 Å². The summed E-state index contributed by atoms with van der Waals surface area (Å²) in [6, 6.07) is 2.61. The molecule has 0 radical (unpaired) electrons. The smallest absolute Gasteiger partial charge is 0.410 e. The molecule has 24 heavy (non-hydrogen) atoms. The Balaban J connectivity index is 1.99. The van der Waals surface area contributed by atoms with Crippen LogP contribution in [0.3, 0.4) is 0 Å². The molecular weight excluding hydrogens is 403 g/mol. The van der Waals surface area contributed by atoms with Crippen molar-refractivity contribution in [3.8, 4) is 0 Å². The van der Waals surface area contributed by atoms with Gasteiger partial charge in [-0.1, -0.05) is 11.6 Å². The number of hydrogen-bond donors (Lipinski definition) is 0. The molecule has 0 aromatic heterocycles. The van der Waals surface area contributed by atoms with Crippen molar-refractivity contribution in [1.82, 2.24) is 9.80 Å². The van der Waals surface area contributed by atoms with E-state index < -0.39 is 17.5 Å². The number of halogens is 3. The van der Waals surface area contributed by atoms with Crippen LogP contribution in [0.5, 0.6) is 0 Å². The highest BCUT2D eigenvalue weighted by atomic mass is 79.9. The van der Waals surface area contributed by atoms with Crippen LogP contribution in [0.2, 0.25) is 5.02 Å². The number of benzene rings is 1. The maximum Gasteiger partial charge on any atom is 0.410 e. The van der Waals surface area contributed by atoms with Crippen LogP contribution in [-0.2, 0) is 4.74 Å². The average molecular weight is 422 g/mol. The molecule has 5 nitrogen and oxygen atoms in total. The van der Waals surface area contributed by atoms with Crippen molar-refractivity contribution < 1.29 is 18.7 Å². The average Bonchev–Trinajstić information content (AvgIpc) is 2.50. The number of carbonyl (C=O) groups is 2. The number of piperazine rings is 1. The summed E-state index contributed by atoms with van der Waals surface area (Å²) in [5.74, 6) is -0.947. The van der Waals surface area contributed by atoms with Gasteiger partial charge in [-0.05, 0) is 48.8 Å². The normalized spacial score (nSPS) is 15.4. The number of rotatable bonds is 1. The summed E-state index contributed by atoms with van der Waals surface area (Å²) >= 11 is 8.88. The van der Waals surface area contributed by atoms with E-state index in [2.05, 4.69) is 15.9 Å². The predicted molar refractivity (Wildman–Crippen MR) is 92.8 cm³/mol. The van der Waals surface area contributed by atoms with E-state index in [0.717, 1.165) is 6.07 Å². The lowest BCUT2D eigenvalue weighted by molar-refractivity contribution is 0.0141. The SMILES string of the molecule is CC(C)(C)OC(=O)N1CCN(C(=O)c2cc(F)c(Cl)c(Br)c2)CC1. The van der Waals surface area contributed by atoms with Crippen molar-refractivity contribution >= 4 is 39.5 Å². The van der Waals surface area contributed by atoms with Gasteiger partial charge in [0.2, 0.25) is 0 Å². The predicted octanol–water partition coefficient (Wildman–Crippen LogP) is 3.93. The minimum Gasteiger partial charge on any atom is -0.444 e. The van der Waals surface area contributed by atoms with Gasteiger partial charge in [0.25, 0.3) is 5.91 Å². The molecule has 0 atom stereocenters. The van der Waals surface area contributed by atoms with Crippen molar-refractivity contribution in [1.29, 1.82) is 0 Å². The first-order valence-corrected chi connectivity index (χ1v) is 8.67. The zero-order chi connectivity index (χ0) is 18.1. The fraction of sp³-hybridized carbons (Fsp3) is 0.500. The number of nitrogens with zero attached hydrogens (tertiary/aromatic N) is 2. The molecule has 1 aliphatic rings. The molecule has 1 aromatic rings. The standard InChI is InChI=1S/C16H19BrClFN2O3/c1-16(2,3)24-15(23)21-6-4-20(5-7-21)14(22)10-8-11(17)13(18)12(19)9-10/h8-9H,4-7H2,1-3H3. The Bertz CT molecular complexity index is 632. The monoisotopic (exact) mass is 420 g/mol. The Kier molecular flexibility index (Phi) is 5.75. The van der Waals surface area contributed by atoms with Crippen molar-refractivity contribution in [2.24, 2.45) is 0 Å². The molecule has 0 aliphatic carbocycles. The molecule has 1 fully saturated rings. The van der Waals surface area contributed by atoms with Gasteiger partial charge < -0.3 is 14.5 Å². The zero-order valence-corrected chi connectivity index (χ0v) is 16.1. The first-order valence-electron chi connectivity index (χ1n) is 7.50. The molecule has 2 rings (SSSR count). The second kappa shape index (κ2) is 7.27. The van der Waals surface area contributed by atoms with Crippen LogP contribution in [0.15, 0.2) is 16.6 Å². The van der Waals surface area contributed by atoms with E-state index in [4.69, 9.17) is 16.3 Å². The summed E-state index contributed by atoms with van der Waals surface area (Å²) in [6.45, 7) is 6.88. The Labute approximate surface area is 153 Å². The molecule has 8 heteroatoms. The summed E-state index contributed by atoms with van der Waals surface area (Å²) in [6.07, 6.45) is -0.394. The maximum atomic E-state index is 13.7. The van der Waals surface area contributed by atoms with E-state index in [1.165, 1.54) is 6.07 Å². The lowest BCUT2D eigenvalue weighted by atomic mass is 10.1. The fourth-order valence-electron chi connectivity index (χ4n) is 2.28. The fourth-order valence-corrected chi connectivity index (χ4v) is 2.83. The Hall–Kier alpha value is -1.34. The van der Waals surface area contributed by atoms with Gasteiger partial charge in [-0.25, -0.2) is 9.18 Å². The van der Waals surface area contributed by atoms with Gasteiger partial charge in [0, 0.05) is 36.2 Å². The number of ether oxygens (including phenoxy) is 1. The summed E-state index contributed by atoms with van der Waals surface area (Å²) in [5, 5.41) is -0.0544. The third-order valence-electron chi connectivity index (χ3n) is 3.45. The van der Waals surface area contributed by atoms with E-state index in [1.54, 1.807) is 30.6 Å². The van der Waals surface area contributed by atoms with Crippen LogP contribution in [0, 0.1) is 5.82 Å². The van der Waals surface area contributed by atoms with E-state index in [-0.39, 0.29) is 16.5 Å². The molecule has 0 saturated carbocycles. The first kappa shape index (κ1) is 19.0. The highest BCUT2D eigenvalue weighted by Crippen LogP contribution is 2.27. The number of carbonyl (C=O) groups excluding carboxylic acids is 2. The molecule has 2 amide bonds. The summed E-state index contributed by atoms with van der Waals surface area (Å²) in [5.41, 5.74) is -0.341. The zero-order valence-electron chi connectivity index (χ0n) is 13.7. The van der Waals surface area contributed by atoms with E-state index in [0.29, 0.717) is 30.7 Å². The van der Waals surface area contributed by atoms with Gasteiger partial charge in [0.1, 0.15) is 11.4 Å². The van der Waals surface area contributed by atoms with Crippen LogP contribution < -0.4 is 0 Å². The second-order valence-corrected chi connectivity index (χ2v) is 7.75. The summed E-state index contributed by atoms with van der Waals surface area (Å²) in [7, 11) is 0. The minimum absolute atomic E-state index is 0.0544. The summed E-state index contributed by atoms with van der Waals surface area (Å²) < 4.78 is 19.3. The molecule has 0 N–H and O–H groups in total. The van der Waals surface area contributed by atoms with Crippen molar-refractivity contribution in [2.45, 2.75) is 26.4 Å². The van der Waals surface area contributed by atoms with E-state index in [1.807, 2.05) is 0 Å². The quantitative estimate of drug-likeness (QED) is 0.646.